The van der Waals surface area contributed by atoms with Crippen molar-refractivity contribution in [2.75, 3.05) is 11.8 Å². The molecule has 0 atom stereocenters. The van der Waals surface area contributed by atoms with E-state index in [4.69, 9.17) is 4.74 Å². The first-order chi connectivity index (χ1) is 11.1. The Bertz CT molecular complexity index is 939. The second-order valence-electron chi connectivity index (χ2n) is 5.10. The van der Waals surface area contributed by atoms with E-state index in [1.807, 2.05) is 12.1 Å². The van der Waals surface area contributed by atoms with Gasteiger partial charge in [0.15, 0.2) is 0 Å². The summed E-state index contributed by atoms with van der Waals surface area (Å²) in [5, 5.41) is 0.781. The molecule has 0 saturated heterocycles. The molecule has 0 radical (unpaired) electrons. The van der Waals surface area contributed by atoms with Gasteiger partial charge in [0.2, 0.25) is 0 Å². The lowest BCUT2D eigenvalue weighted by Gasteiger charge is -2.10. The molecule has 0 unspecified atom stereocenters. The van der Waals surface area contributed by atoms with Gasteiger partial charge in [-0.25, -0.2) is 8.42 Å². The molecule has 5 nitrogen and oxygen atoms in total. The van der Waals surface area contributed by atoms with Gasteiger partial charge in [0, 0.05) is 24.4 Å². The Morgan fingerprint density at radius 3 is 2.78 bits per heavy atom. The van der Waals surface area contributed by atoms with Gasteiger partial charge in [0.05, 0.1) is 17.0 Å². The number of ether oxygens (including phenoxy) is 1. The van der Waals surface area contributed by atoms with E-state index in [1.165, 1.54) is 0 Å². The smallest absolute Gasteiger partial charge is 0.261 e. The summed E-state index contributed by atoms with van der Waals surface area (Å²) >= 11 is 0. The largest absolute Gasteiger partial charge is 0.380 e. The predicted octanol–water partition coefficient (Wildman–Crippen LogP) is 3.18. The molecule has 0 amide bonds. The van der Waals surface area contributed by atoms with Crippen LogP contribution in [-0.4, -0.2) is 20.5 Å². The lowest BCUT2D eigenvalue weighted by Crippen LogP contribution is -2.13. The summed E-state index contributed by atoms with van der Waals surface area (Å²) in [5.41, 5.74) is 2.16. The minimum atomic E-state index is -3.66. The summed E-state index contributed by atoms with van der Waals surface area (Å²) in [7, 11) is -2.06. The fraction of sp³-hybridized carbons (Fsp3) is 0.118. The monoisotopic (exact) mass is 328 g/mol. The highest BCUT2D eigenvalue weighted by Gasteiger charge is 2.15. The number of pyridine rings is 1. The van der Waals surface area contributed by atoms with E-state index >= 15 is 0 Å². The first kappa shape index (κ1) is 15.5. The van der Waals surface area contributed by atoms with Gasteiger partial charge in [-0.1, -0.05) is 18.2 Å². The number of sulfonamides is 1. The van der Waals surface area contributed by atoms with E-state index in [9.17, 15) is 8.42 Å². The second kappa shape index (κ2) is 6.36. The van der Waals surface area contributed by atoms with Crippen molar-refractivity contribution in [1.29, 1.82) is 0 Å². The molecular formula is C17H16N2O3S. The number of nitrogens with zero attached hydrogens (tertiary/aromatic N) is 1. The molecule has 1 aromatic heterocycles. The number of aromatic nitrogens is 1. The number of nitrogens with one attached hydrogen (secondary N) is 1. The standard InChI is InChI=1S/C17H16N2O3S/c1-22-12-13-4-2-6-15(10-13)19-23(20,21)16-7-8-17-14(11-16)5-3-9-18-17/h2-11,19H,12H2,1H3. The molecule has 118 valence electrons. The van der Waals surface area contributed by atoms with E-state index in [2.05, 4.69) is 9.71 Å². The molecule has 0 aliphatic rings. The fourth-order valence-corrected chi connectivity index (χ4v) is 3.41. The van der Waals surface area contributed by atoms with Crippen LogP contribution in [0.3, 0.4) is 0 Å². The molecule has 1 N–H and O–H groups in total. The lowest BCUT2D eigenvalue weighted by molar-refractivity contribution is 0.185. The molecule has 6 heteroatoms. The molecule has 0 saturated carbocycles. The average molecular weight is 328 g/mol. The minimum absolute atomic E-state index is 0.204. The number of methoxy groups -OCH3 is 1. The maximum atomic E-state index is 12.6. The van der Waals surface area contributed by atoms with Crippen LogP contribution in [0, 0.1) is 0 Å². The van der Waals surface area contributed by atoms with Crippen molar-refractivity contribution in [3.63, 3.8) is 0 Å². The van der Waals surface area contributed by atoms with Crippen LogP contribution < -0.4 is 4.72 Å². The maximum absolute atomic E-state index is 12.6. The van der Waals surface area contributed by atoms with Crippen molar-refractivity contribution in [2.45, 2.75) is 11.5 Å². The van der Waals surface area contributed by atoms with Crippen LogP contribution in [-0.2, 0) is 21.4 Å². The maximum Gasteiger partial charge on any atom is 0.261 e. The highest BCUT2D eigenvalue weighted by molar-refractivity contribution is 7.92. The number of benzene rings is 2. The van der Waals surface area contributed by atoms with E-state index < -0.39 is 10.0 Å². The zero-order valence-electron chi connectivity index (χ0n) is 12.6. The highest BCUT2D eigenvalue weighted by Crippen LogP contribution is 2.21. The van der Waals surface area contributed by atoms with Crippen molar-refractivity contribution in [3.8, 4) is 0 Å². The van der Waals surface area contributed by atoms with Crippen LogP contribution in [0.15, 0.2) is 65.7 Å². The number of anilines is 1. The van der Waals surface area contributed by atoms with Gasteiger partial charge in [-0.2, -0.15) is 0 Å². The molecule has 0 fully saturated rings. The molecule has 0 aliphatic carbocycles. The van der Waals surface area contributed by atoms with Crippen LogP contribution in [0.5, 0.6) is 0 Å². The number of hydrogen-bond donors (Lipinski definition) is 1. The Hall–Kier alpha value is -2.44. The fourth-order valence-electron chi connectivity index (χ4n) is 2.33. The van der Waals surface area contributed by atoms with Crippen molar-refractivity contribution in [1.82, 2.24) is 4.98 Å². The van der Waals surface area contributed by atoms with Gasteiger partial charge in [-0.15, -0.1) is 0 Å². The second-order valence-corrected chi connectivity index (χ2v) is 6.78. The number of hydrogen-bond acceptors (Lipinski definition) is 4. The average Bonchev–Trinajstić information content (AvgIpc) is 2.54. The Labute approximate surface area is 135 Å². The molecular weight excluding hydrogens is 312 g/mol. The summed E-state index contributed by atoms with van der Waals surface area (Å²) in [6, 6.07) is 15.6. The first-order valence-electron chi connectivity index (χ1n) is 7.04. The summed E-state index contributed by atoms with van der Waals surface area (Å²) in [5.74, 6) is 0. The zero-order chi connectivity index (χ0) is 16.3. The Morgan fingerprint density at radius 1 is 1.09 bits per heavy atom. The molecule has 1 heterocycles. The van der Waals surface area contributed by atoms with Crippen molar-refractivity contribution >= 4 is 26.6 Å². The quantitative estimate of drug-likeness (QED) is 0.781. The molecule has 0 aliphatic heterocycles. The molecule has 3 aromatic rings. The van der Waals surface area contributed by atoms with Gasteiger partial charge in [0.25, 0.3) is 10.0 Å². The summed E-state index contributed by atoms with van der Waals surface area (Å²) in [4.78, 5) is 4.40. The summed E-state index contributed by atoms with van der Waals surface area (Å²) in [6.07, 6.45) is 1.68. The Kier molecular flexibility index (Phi) is 4.27. The molecule has 0 bridgehead atoms. The highest BCUT2D eigenvalue weighted by atomic mass is 32.2. The van der Waals surface area contributed by atoms with E-state index in [0.29, 0.717) is 12.3 Å². The molecule has 3 rings (SSSR count). The van der Waals surface area contributed by atoms with E-state index in [0.717, 1.165) is 16.5 Å². The van der Waals surface area contributed by atoms with Crippen LogP contribution in [0.4, 0.5) is 5.69 Å². The molecule has 23 heavy (non-hydrogen) atoms. The third-order valence-electron chi connectivity index (χ3n) is 3.37. The summed E-state index contributed by atoms with van der Waals surface area (Å²) < 4.78 is 32.8. The normalized spacial score (nSPS) is 11.5. The minimum Gasteiger partial charge on any atom is -0.380 e. The molecule has 0 spiro atoms. The van der Waals surface area contributed by atoms with Crippen molar-refractivity contribution in [2.24, 2.45) is 0 Å². The van der Waals surface area contributed by atoms with Gasteiger partial charge in [-0.05, 0) is 42.0 Å². The number of rotatable bonds is 5. The van der Waals surface area contributed by atoms with Crippen LogP contribution >= 0.6 is 0 Å². The van der Waals surface area contributed by atoms with Gasteiger partial charge < -0.3 is 4.74 Å². The number of fused-ring (bicyclic) bond motifs is 1. The van der Waals surface area contributed by atoms with Gasteiger partial charge >= 0.3 is 0 Å². The van der Waals surface area contributed by atoms with Crippen molar-refractivity contribution in [3.05, 3.63) is 66.4 Å². The van der Waals surface area contributed by atoms with Crippen LogP contribution in [0.1, 0.15) is 5.56 Å². The third kappa shape index (κ3) is 3.49. The van der Waals surface area contributed by atoms with Gasteiger partial charge in [-0.3, -0.25) is 9.71 Å². The zero-order valence-corrected chi connectivity index (χ0v) is 13.4. The molecule has 2 aromatic carbocycles. The SMILES string of the molecule is COCc1cccc(NS(=O)(=O)c2ccc3ncccc3c2)c1. The predicted molar refractivity (Wildman–Crippen MR) is 89.7 cm³/mol. The van der Waals surface area contributed by atoms with Crippen LogP contribution in [0.25, 0.3) is 10.9 Å². The van der Waals surface area contributed by atoms with E-state index in [1.54, 1.807) is 55.8 Å². The third-order valence-corrected chi connectivity index (χ3v) is 4.75. The summed E-state index contributed by atoms with van der Waals surface area (Å²) in [6.45, 7) is 0.428. The van der Waals surface area contributed by atoms with E-state index in [-0.39, 0.29) is 4.90 Å². The topological polar surface area (TPSA) is 68.3 Å². The first-order valence-corrected chi connectivity index (χ1v) is 8.52. The van der Waals surface area contributed by atoms with Crippen LogP contribution in [0.2, 0.25) is 0 Å². The van der Waals surface area contributed by atoms with Gasteiger partial charge in [0.1, 0.15) is 0 Å². The lowest BCUT2D eigenvalue weighted by atomic mass is 10.2. The van der Waals surface area contributed by atoms with Crippen molar-refractivity contribution < 1.29 is 13.2 Å². The Balaban J connectivity index is 1.92. The Morgan fingerprint density at radius 2 is 1.96 bits per heavy atom.